The zero-order valence-corrected chi connectivity index (χ0v) is 19.0. The Balaban J connectivity index is 1.30. The number of benzene rings is 3. The predicted octanol–water partition coefficient (Wildman–Crippen LogP) is 6.51. The van der Waals surface area contributed by atoms with Gasteiger partial charge in [-0.15, -0.1) is 0 Å². The number of anilines is 4. The highest BCUT2D eigenvalue weighted by Crippen LogP contribution is 2.26. The van der Waals surface area contributed by atoms with Crippen LogP contribution in [0.5, 0.6) is 0 Å². The molecule has 0 unspecified atom stereocenters. The number of nitrogens with zero attached hydrogens (tertiary/aromatic N) is 4. The summed E-state index contributed by atoms with van der Waals surface area (Å²) >= 11 is 12.1. The number of urea groups is 1. The van der Waals surface area contributed by atoms with Crippen molar-refractivity contribution in [2.24, 2.45) is 0 Å². The van der Waals surface area contributed by atoms with E-state index in [0.717, 1.165) is 16.8 Å². The van der Waals surface area contributed by atoms with Gasteiger partial charge in [-0.25, -0.2) is 19.4 Å². The number of fused-ring (bicyclic) bond motifs is 1. The third-order valence-electron chi connectivity index (χ3n) is 4.96. The molecule has 0 bridgehead atoms. The summed E-state index contributed by atoms with van der Waals surface area (Å²) in [5.41, 5.74) is 3.45. The van der Waals surface area contributed by atoms with E-state index in [1.807, 2.05) is 24.3 Å². The van der Waals surface area contributed by atoms with E-state index in [-0.39, 0.29) is 6.03 Å². The molecule has 0 saturated carbocycles. The van der Waals surface area contributed by atoms with E-state index < -0.39 is 0 Å². The minimum absolute atomic E-state index is 0.388. The second-order valence-electron chi connectivity index (χ2n) is 7.25. The lowest BCUT2D eigenvalue weighted by atomic mass is 10.2. The molecule has 34 heavy (non-hydrogen) atoms. The number of hydrogen-bond donors (Lipinski definition) is 3. The van der Waals surface area contributed by atoms with Crippen LogP contribution < -0.4 is 16.0 Å². The molecule has 2 heterocycles. The molecule has 5 aromatic rings. The van der Waals surface area contributed by atoms with Gasteiger partial charge in [0.1, 0.15) is 12.1 Å². The van der Waals surface area contributed by atoms with Gasteiger partial charge in [0.15, 0.2) is 5.65 Å². The average molecular weight is 490 g/mol. The maximum atomic E-state index is 12.3. The summed E-state index contributed by atoms with van der Waals surface area (Å²) in [6, 6.07) is 21.2. The Kier molecular flexibility index (Phi) is 5.99. The van der Waals surface area contributed by atoms with Crippen LogP contribution in [0.25, 0.3) is 16.7 Å². The molecule has 10 heteroatoms. The monoisotopic (exact) mass is 489 g/mol. The van der Waals surface area contributed by atoms with Gasteiger partial charge in [-0.05, 0) is 60.7 Å². The normalized spacial score (nSPS) is 10.8. The van der Waals surface area contributed by atoms with Crippen LogP contribution in [-0.2, 0) is 0 Å². The molecular formula is C24H17Cl2N7O. The van der Waals surface area contributed by atoms with Crippen LogP contribution in [0.15, 0.2) is 85.3 Å². The summed E-state index contributed by atoms with van der Waals surface area (Å²) < 4.78 is 1.73. The molecule has 3 N–H and O–H groups in total. The van der Waals surface area contributed by atoms with Crippen molar-refractivity contribution in [2.45, 2.75) is 0 Å². The zero-order chi connectivity index (χ0) is 23.5. The fourth-order valence-electron chi connectivity index (χ4n) is 3.34. The molecule has 2 amide bonds. The third-order valence-corrected chi connectivity index (χ3v) is 5.55. The smallest absolute Gasteiger partial charge is 0.323 e. The Morgan fingerprint density at radius 3 is 2.32 bits per heavy atom. The van der Waals surface area contributed by atoms with Crippen molar-refractivity contribution in [1.82, 2.24) is 19.7 Å². The third kappa shape index (κ3) is 4.63. The number of halogens is 2. The van der Waals surface area contributed by atoms with Crippen molar-refractivity contribution in [2.75, 3.05) is 16.0 Å². The van der Waals surface area contributed by atoms with E-state index in [4.69, 9.17) is 23.2 Å². The number of carbonyl (C=O) groups excluding carboxylic acids is 1. The molecule has 0 aliphatic carbocycles. The first-order chi connectivity index (χ1) is 16.6. The number of hydrogen-bond acceptors (Lipinski definition) is 5. The van der Waals surface area contributed by atoms with Gasteiger partial charge in [0.05, 0.1) is 28.0 Å². The summed E-state index contributed by atoms with van der Waals surface area (Å²) in [4.78, 5) is 21.0. The highest BCUT2D eigenvalue weighted by molar-refractivity contribution is 6.33. The number of carbonyl (C=O) groups is 1. The first-order valence-corrected chi connectivity index (χ1v) is 11.0. The van der Waals surface area contributed by atoms with Crippen LogP contribution >= 0.6 is 23.2 Å². The Bertz CT molecular complexity index is 1470. The zero-order valence-electron chi connectivity index (χ0n) is 17.5. The maximum Gasteiger partial charge on any atom is 0.323 e. The fraction of sp³-hybridized carbons (Fsp3) is 0. The van der Waals surface area contributed by atoms with E-state index in [0.29, 0.717) is 32.9 Å². The summed E-state index contributed by atoms with van der Waals surface area (Å²) in [6.45, 7) is 0. The molecule has 3 aromatic carbocycles. The highest BCUT2D eigenvalue weighted by atomic mass is 35.5. The second kappa shape index (κ2) is 9.38. The fourth-order valence-corrected chi connectivity index (χ4v) is 3.64. The topological polar surface area (TPSA) is 96.8 Å². The largest absolute Gasteiger partial charge is 0.340 e. The van der Waals surface area contributed by atoms with Crippen molar-refractivity contribution >= 4 is 63.1 Å². The van der Waals surface area contributed by atoms with Crippen LogP contribution in [0, 0.1) is 0 Å². The van der Waals surface area contributed by atoms with Crippen LogP contribution in [0.3, 0.4) is 0 Å². The molecule has 168 valence electrons. The van der Waals surface area contributed by atoms with Crippen LogP contribution in [-0.4, -0.2) is 25.8 Å². The van der Waals surface area contributed by atoms with E-state index in [2.05, 4.69) is 31.0 Å². The van der Waals surface area contributed by atoms with Gasteiger partial charge in [0, 0.05) is 16.4 Å². The molecule has 0 aliphatic rings. The lowest BCUT2D eigenvalue weighted by molar-refractivity contribution is 0.262. The van der Waals surface area contributed by atoms with Gasteiger partial charge < -0.3 is 16.0 Å². The average Bonchev–Trinajstić information content (AvgIpc) is 3.28. The van der Waals surface area contributed by atoms with E-state index in [9.17, 15) is 4.79 Å². The Labute approximate surface area is 204 Å². The molecule has 8 nitrogen and oxygen atoms in total. The number of nitrogens with one attached hydrogen (secondary N) is 3. The molecule has 2 aromatic heterocycles. The molecule has 0 radical (unpaired) electrons. The van der Waals surface area contributed by atoms with Gasteiger partial charge >= 0.3 is 6.03 Å². The highest BCUT2D eigenvalue weighted by Gasteiger charge is 2.12. The van der Waals surface area contributed by atoms with Gasteiger partial charge in [-0.3, -0.25) is 0 Å². The van der Waals surface area contributed by atoms with Crippen LogP contribution in [0.1, 0.15) is 0 Å². The molecular weight excluding hydrogens is 473 g/mol. The second-order valence-corrected chi connectivity index (χ2v) is 8.10. The number of para-hydroxylation sites is 1. The van der Waals surface area contributed by atoms with Gasteiger partial charge in [-0.2, -0.15) is 5.10 Å². The maximum absolute atomic E-state index is 12.3. The molecule has 5 rings (SSSR count). The van der Waals surface area contributed by atoms with Crippen LogP contribution in [0.4, 0.5) is 27.7 Å². The molecule has 0 aliphatic heterocycles. The van der Waals surface area contributed by atoms with Crippen molar-refractivity contribution in [3.05, 3.63) is 95.4 Å². The van der Waals surface area contributed by atoms with Crippen molar-refractivity contribution in [3.63, 3.8) is 0 Å². The van der Waals surface area contributed by atoms with Gasteiger partial charge in [-0.1, -0.05) is 35.3 Å². The molecule has 0 saturated heterocycles. The Morgan fingerprint density at radius 1 is 0.824 bits per heavy atom. The first-order valence-electron chi connectivity index (χ1n) is 10.2. The van der Waals surface area contributed by atoms with Crippen LogP contribution in [0.2, 0.25) is 10.0 Å². The standard InChI is InChI=1S/C24H17Cl2N7O/c25-15-5-11-18(12-6-15)33-23-19(13-29-33)22(27-14-28-23)30-16-7-9-17(10-8-16)31-24(34)32-21-4-2-1-3-20(21)26/h1-14H,(H,27,28,30)(H2,31,32,34). The summed E-state index contributed by atoms with van der Waals surface area (Å²) in [5.74, 6) is 0.613. The molecule has 0 fully saturated rings. The predicted molar refractivity (Wildman–Crippen MR) is 135 cm³/mol. The quantitative estimate of drug-likeness (QED) is 0.261. The number of aromatic nitrogens is 4. The minimum Gasteiger partial charge on any atom is -0.340 e. The summed E-state index contributed by atoms with van der Waals surface area (Å²) in [5, 5.41) is 15.1. The van der Waals surface area contributed by atoms with Gasteiger partial charge in [0.2, 0.25) is 0 Å². The molecule has 0 atom stereocenters. The van der Waals surface area contributed by atoms with Crippen molar-refractivity contribution in [3.8, 4) is 5.69 Å². The SMILES string of the molecule is O=C(Nc1ccc(Nc2ncnc3c2cnn3-c2ccc(Cl)cc2)cc1)Nc1ccccc1Cl. The first kappa shape index (κ1) is 21.7. The molecule has 0 spiro atoms. The van der Waals surface area contributed by atoms with E-state index in [1.165, 1.54) is 6.33 Å². The summed E-state index contributed by atoms with van der Waals surface area (Å²) in [6.07, 6.45) is 3.19. The van der Waals surface area contributed by atoms with Crippen molar-refractivity contribution in [1.29, 1.82) is 0 Å². The van der Waals surface area contributed by atoms with Gasteiger partial charge in [0.25, 0.3) is 0 Å². The Morgan fingerprint density at radius 2 is 1.56 bits per heavy atom. The number of amides is 2. The lowest BCUT2D eigenvalue weighted by Gasteiger charge is -2.10. The van der Waals surface area contributed by atoms with Crippen molar-refractivity contribution < 1.29 is 4.79 Å². The Hall–Kier alpha value is -4.14. The number of rotatable bonds is 5. The minimum atomic E-state index is -0.388. The van der Waals surface area contributed by atoms with E-state index >= 15 is 0 Å². The summed E-state index contributed by atoms with van der Waals surface area (Å²) in [7, 11) is 0. The lowest BCUT2D eigenvalue weighted by Crippen LogP contribution is -2.19. The van der Waals surface area contributed by atoms with E-state index in [1.54, 1.807) is 59.4 Å².